The Kier molecular flexibility index (Phi) is 3.62. The average Bonchev–Trinajstić information content (AvgIpc) is 3.03. The average molecular weight is 298 g/mol. The van der Waals surface area contributed by atoms with E-state index in [-0.39, 0.29) is 0 Å². The van der Waals surface area contributed by atoms with E-state index >= 15 is 0 Å². The summed E-state index contributed by atoms with van der Waals surface area (Å²) in [7, 11) is 0. The first-order valence-electron chi connectivity index (χ1n) is 8.23. The van der Waals surface area contributed by atoms with Crippen molar-refractivity contribution in [1.82, 2.24) is 9.88 Å². The van der Waals surface area contributed by atoms with Crippen LogP contribution in [0.5, 0.6) is 0 Å². The zero-order valence-electron chi connectivity index (χ0n) is 12.8. The second-order valence-corrected chi connectivity index (χ2v) is 6.59. The molecule has 0 bridgehead atoms. The molecule has 1 saturated heterocycles. The third-order valence-electron chi connectivity index (χ3n) is 4.77. The van der Waals surface area contributed by atoms with Crippen LogP contribution in [-0.4, -0.2) is 35.0 Å². The largest absolute Gasteiger partial charge is 0.381 e. The second-order valence-electron chi connectivity index (χ2n) is 6.59. The molecule has 2 aromatic rings. The lowest BCUT2D eigenvalue weighted by atomic mass is 10.0. The molecule has 1 aliphatic carbocycles. The Labute approximate surface area is 130 Å². The van der Waals surface area contributed by atoms with Gasteiger partial charge in [0.25, 0.3) is 0 Å². The molecule has 1 aliphatic heterocycles. The number of carbonyl (C=O) groups is 1. The van der Waals surface area contributed by atoms with E-state index in [1.54, 1.807) is 0 Å². The molecule has 4 heteroatoms. The Morgan fingerprint density at radius 2 is 2.18 bits per heavy atom. The molecule has 4 nitrogen and oxygen atoms in total. The third kappa shape index (κ3) is 2.88. The van der Waals surface area contributed by atoms with E-state index in [1.807, 2.05) is 6.20 Å². The fourth-order valence-electron chi connectivity index (χ4n) is 3.31. The number of aromatic amines is 1. The Balaban J connectivity index is 1.47. The number of fused-ring (bicyclic) bond motifs is 1. The smallest absolute Gasteiger partial charge is 0.223 e. The summed E-state index contributed by atoms with van der Waals surface area (Å²) in [4.78, 5) is 18.0. The standard InChI is InChI=1S/C18H22N2O2/c21-18(10-14-6-8-22-12-14)20(16-2-3-16)11-13-1-4-17-15(9-13)5-7-19-17/h1,4-5,7,9,14,16,19H,2-3,6,8,10-12H2/t14-/m1/s1. The number of benzene rings is 1. The first-order chi connectivity index (χ1) is 10.8. The number of rotatable bonds is 5. The van der Waals surface area contributed by atoms with Gasteiger partial charge < -0.3 is 14.6 Å². The topological polar surface area (TPSA) is 45.3 Å². The monoisotopic (exact) mass is 298 g/mol. The molecule has 1 saturated carbocycles. The van der Waals surface area contributed by atoms with Crippen molar-refractivity contribution < 1.29 is 9.53 Å². The minimum absolute atomic E-state index is 0.298. The normalized spacial score (nSPS) is 21.4. The van der Waals surface area contributed by atoms with Gasteiger partial charge in [-0.25, -0.2) is 0 Å². The molecule has 116 valence electrons. The maximum Gasteiger partial charge on any atom is 0.223 e. The van der Waals surface area contributed by atoms with Crippen molar-refractivity contribution in [2.24, 2.45) is 5.92 Å². The fraction of sp³-hybridized carbons (Fsp3) is 0.500. The predicted molar refractivity (Wildman–Crippen MR) is 85.4 cm³/mol. The number of ether oxygens (including phenoxy) is 1. The molecule has 1 atom stereocenters. The van der Waals surface area contributed by atoms with Crippen molar-refractivity contribution >= 4 is 16.8 Å². The first kappa shape index (κ1) is 13.8. The van der Waals surface area contributed by atoms with Crippen molar-refractivity contribution in [3.05, 3.63) is 36.0 Å². The quantitative estimate of drug-likeness (QED) is 0.922. The summed E-state index contributed by atoms with van der Waals surface area (Å²) in [5, 5.41) is 1.21. The summed E-state index contributed by atoms with van der Waals surface area (Å²) in [6.45, 7) is 2.29. The molecule has 22 heavy (non-hydrogen) atoms. The van der Waals surface area contributed by atoms with Gasteiger partial charge in [0.1, 0.15) is 0 Å². The predicted octanol–water partition coefficient (Wildman–Crippen LogP) is 3.09. The third-order valence-corrected chi connectivity index (χ3v) is 4.77. The molecule has 1 amide bonds. The summed E-state index contributed by atoms with van der Waals surface area (Å²) in [6.07, 6.45) is 5.93. The summed E-state index contributed by atoms with van der Waals surface area (Å²) in [5.41, 5.74) is 2.37. The molecular formula is C18H22N2O2. The van der Waals surface area contributed by atoms with Gasteiger partial charge in [-0.3, -0.25) is 4.79 Å². The number of nitrogens with one attached hydrogen (secondary N) is 1. The summed E-state index contributed by atoms with van der Waals surface area (Å²) >= 11 is 0. The van der Waals surface area contributed by atoms with E-state index in [9.17, 15) is 4.79 Å². The van der Waals surface area contributed by atoms with Crippen LogP contribution in [0.15, 0.2) is 30.5 Å². The van der Waals surface area contributed by atoms with Gasteiger partial charge >= 0.3 is 0 Å². The summed E-state index contributed by atoms with van der Waals surface area (Å²) in [5.74, 6) is 0.716. The molecule has 0 unspecified atom stereocenters. The first-order valence-corrected chi connectivity index (χ1v) is 8.23. The van der Waals surface area contributed by atoms with Crippen LogP contribution in [0.3, 0.4) is 0 Å². The number of carbonyl (C=O) groups excluding carboxylic acids is 1. The van der Waals surface area contributed by atoms with Crippen LogP contribution in [0.4, 0.5) is 0 Å². The highest BCUT2D eigenvalue weighted by Crippen LogP contribution is 2.31. The molecule has 2 heterocycles. The molecule has 0 radical (unpaired) electrons. The van der Waals surface area contributed by atoms with Gasteiger partial charge in [-0.1, -0.05) is 6.07 Å². The minimum atomic E-state index is 0.298. The van der Waals surface area contributed by atoms with Crippen LogP contribution in [0, 0.1) is 5.92 Å². The maximum atomic E-state index is 12.7. The van der Waals surface area contributed by atoms with Crippen LogP contribution in [0.1, 0.15) is 31.2 Å². The number of amides is 1. The highest BCUT2D eigenvalue weighted by molar-refractivity contribution is 5.80. The van der Waals surface area contributed by atoms with Crippen LogP contribution < -0.4 is 0 Å². The number of hydrogen-bond donors (Lipinski definition) is 1. The maximum absolute atomic E-state index is 12.7. The van der Waals surface area contributed by atoms with Gasteiger partial charge in [-0.15, -0.1) is 0 Å². The highest BCUT2D eigenvalue weighted by atomic mass is 16.5. The Morgan fingerprint density at radius 3 is 2.95 bits per heavy atom. The number of H-pyrrole nitrogens is 1. The fourth-order valence-corrected chi connectivity index (χ4v) is 3.31. The number of hydrogen-bond acceptors (Lipinski definition) is 2. The van der Waals surface area contributed by atoms with Crippen molar-refractivity contribution in [3.63, 3.8) is 0 Å². The zero-order valence-corrected chi connectivity index (χ0v) is 12.8. The second kappa shape index (κ2) is 5.76. The Hall–Kier alpha value is -1.81. The number of nitrogens with zero attached hydrogens (tertiary/aromatic N) is 1. The van der Waals surface area contributed by atoms with Gasteiger partial charge in [0.05, 0.1) is 0 Å². The lowest BCUT2D eigenvalue weighted by molar-refractivity contribution is -0.133. The van der Waals surface area contributed by atoms with E-state index in [0.29, 0.717) is 24.3 Å². The van der Waals surface area contributed by atoms with Crippen LogP contribution in [-0.2, 0) is 16.1 Å². The molecule has 1 aromatic heterocycles. The lowest BCUT2D eigenvalue weighted by Crippen LogP contribution is -2.33. The van der Waals surface area contributed by atoms with E-state index in [0.717, 1.165) is 44.5 Å². The van der Waals surface area contributed by atoms with E-state index in [4.69, 9.17) is 4.74 Å². The van der Waals surface area contributed by atoms with Crippen LogP contribution >= 0.6 is 0 Å². The molecule has 0 spiro atoms. The molecule has 4 rings (SSSR count). The van der Waals surface area contributed by atoms with Gasteiger partial charge in [0.15, 0.2) is 0 Å². The Morgan fingerprint density at radius 1 is 1.27 bits per heavy atom. The van der Waals surface area contributed by atoms with Crippen molar-refractivity contribution in [1.29, 1.82) is 0 Å². The van der Waals surface area contributed by atoms with Crippen LogP contribution in [0.25, 0.3) is 10.9 Å². The van der Waals surface area contributed by atoms with Crippen molar-refractivity contribution in [2.75, 3.05) is 13.2 Å². The van der Waals surface area contributed by atoms with Gasteiger partial charge in [-0.05, 0) is 54.3 Å². The van der Waals surface area contributed by atoms with E-state index < -0.39 is 0 Å². The molecule has 1 aromatic carbocycles. The molecule has 2 fully saturated rings. The highest BCUT2D eigenvalue weighted by Gasteiger charge is 2.33. The molecule has 1 N–H and O–H groups in total. The molecular weight excluding hydrogens is 276 g/mol. The van der Waals surface area contributed by atoms with Crippen LogP contribution in [0.2, 0.25) is 0 Å². The minimum Gasteiger partial charge on any atom is -0.381 e. The van der Waals surface area contributed by atoms with Gasteiger partial charge in [0, 0.05) is 43.9 Å². The van der Waals surface area contributed by atoms with Gasteiger partial charge in [0.2, 0.25) is 5.91 Å². The van der Waals surface area contributed by atoms with E-state index in [1.165, 1.54) is 10.9 Å². The summed E-state index contributed by atoms with van der Waals surface area (Å²) in [6, 6.07) is 8.95. The molecule has 2 aliphatic rings. The van der Waals surface area contributed by atoms with E-state index in [2.05, 4.69) is 34.1 Å². The SMILES string of the molecule is O=C(C[C@H]1CCOC1)N(Cc1ccc2[nH]ccc2c1)C1CC1. The summed E-state index contributed by atoms with van der Waals surface area (Å²) < 4.78 is 5.40. The lowest BCUT2D eigenvalue weighted by Gasteiger charge is -2.24. The zero-order chi connectivity index (χ0) is 14.9. The number of aromatic nitrogens is 1. The Bertz CT molecular complexity index is 669. The van der Waals surface area contributed by atoms with Crippen molar-refractivity contribution in [2.45, 2.75) is 38.3 Å². The van der Waals surface area contributed by atoms with Gasteiger partial charge in [-0.2, -0.15) is 0 Å². The van der Waals surface area contributed by atoms with Crippen molar-refractivity contribution in [3.8, 4) is 0 Å².